The van der Waals surface area contributed by atoms with Gasteiger partial charge in [0.2, 0.25) is 0 Å². The van der Waals surface area contributed by atoms with E-state index in [-0.39, 0.29) is 51.4 Å². The Hall–Kier alpha value is 0.816. The van der Waals surface area contributed by atoms with E-state index in [1.54, 1.807) is 0 Å². The summed E-state index contributed by atoms with van der Waals surface area (Å²) in [5.41, 5.74) is 4.35. The summed E-state index contributed by atoms with van der Waals surface area (Å²) in [6, 6.07) is 6.52. The van der Waals surface area contributed by atoms with E-state index in [0.717, 1.165) is 19.5 Å². The molecule has 0 aromatic heterocycles. The van der Waals surface area contributed by atoms with Crippen molar-refractivity contribution in [2.24, 2.45) is 0 Å². The van der Waals surface area contributed by atoms with Gasteiger partial charge in [-0.05, 0) is 24.5 Å². The van der Waals surface area contributed by atoms with Crippen LogP contribution in [0.3, 0.4) is 0 Å². The van der Waals surface area contributed by atoms with Crippen molar-refractivity contribution >= 4 is 0 Å². The molecule has 1 aromatic rings. The van der Waals surface area contributed by atoms with Gasteiger partial charge in [0.15, 0.2) is 0 Å². The molecule has 0 unspecified atom stereocenters. The zero-order chi connectivity index (χ0) is 9.68. The van der Waals surface area contributed by atoms with Crippen molar-refractivity contribution in [2.45, 2.75) is 33.7 Å². The summed E-state index contributed by atoms with van der Waals surface area (Å²) < 4.78 is 0. The van der Waals surface area contributed by atoms with Crippen LogP contribution in [0.1, 0.15) is 30.5 Å². The van der Waals surface area contributed by atoms with Crippen LogP contribution in [0.15, 0.2) is 18.2 Å². The monoisotopic (exact) mass is 215 g/mol. The molecule has 0 radical (unpaired) electrons. The summed E-state index contributed by atoms with van der Waals surface area (Å²) in [5.74, 6) is 0. The third-order valence-corrected chi connectivity index (χ3v) is 2.32. The van der Waals surface area contributed by atoms with Crippen LogP contribution in [0.5, 0.6) is 0 Å². The molecule has 1 aliphatic rings. The first-order valence-corrected chi connectivity index (χ1v) is 5.08. The minimum absolute atomic E-state index is 0. The maximum absolute atomic E-state index is 4.38. The normalized spacial score (nSPS) is 13.1. The second-order valence-electron chi connectivity index (χ2n) is 3.07. The third-order valence-electron chi connectivity index (χ3n) is 2.32. The van der Waals surface area contributed by atoms with E-state index in [4.69, 9.17) is 0 Å². The van der Waals surface area contributed by atoms with Crippen LogP contribution in [0.2, 0.25) is 0 Å². The van der Waals surface area contributed by atoms with Gasteiger partial charge in [-0.2, -0.15) is 0 Å². The van der Waals surface area contributed by atoms with Crippen LogP contribution in [-0.4, -0.2) is 6.54 Å². The van der Waals surface area contributed by atoms with Crippen molar-refractivity contribution in [2.75, 3.05) is 6.54 Å². The minimum Gasteiger partial charge on any atom is -0.658 e. The molecular weight excluding hydrogens is 197 g/mol. The van der Waals surface area contributed by atoms with E-state index < -0.39 is 0 Å². The van der Waals surface area contributed by atoms with Crippen molar-refractivity contribution < 1.29 is 51.4 Å². The molecule has 2 heteroatoms. The third kappa shape index (κ3) is 3.76. The van der Waals surface area contributed by atoms with E-state index in [0.29, 0.717) is 0 Å². The Morgan fingerprint density at radius 2 is 1.93 bits per heavy atom. The smallest absolute Gasteiger partial charge is 0.658 e. The predicted molar refractivity (Wildman–Crippen MR) is 58.2 cm³/mol. The molecule has 0 saturated carbocycles. The number of hydrogen-bond acceptors (Lipinski definition) is 0. The van der Waals surface area contributed by atoms with Crippen molar-refractivity contribution in [3.63, 3.8) is 0 Å². The second-order valence-corrected chi connectivity index (χ2v) is 3.07. The maximum Gasteiger partial charge on any atom is 1.00 e. The van der Waals surface area contributed by atoms with Crippen LogP contribution in [0.4, 0.5) is 0 Å². The molecule has 0 aliphatic carbocycles. The second kappa shape index (κ2) is 8.03. The molecule has 1 aliphatic heterocycles. The molecule has 0 amide bonds. The van der Waals surface area contributed by atoms with Gasteiger partial charge in [-0.1, -0.05) is 37.6 Å². The molecule has 0 fully saturated rings. The van der Waals surface area contributed by atoms with Crippen molar-refractivity contribution in [1.29, 1.82) is 0 Å². The van der Waals surface area contributed by atoms with E-state index in [9.17, 15) is 0 Å². The van der Waals surface area contributed by atoms with E-state index >= 15 is 0 Å². The van der Waals surface area contributed by atoms with E-state index in [2.05, 4.69) is 30.4 Å². The van der Waals surface area contributed by atoms with Gasteiger partial charge in [-0.15, -0.1) is 13.1 Å². The summed E-state index contributed by atoms with van der Waals surface area (Å²) in [6.45, 7) is 8.11. The topological polar surface area (TPSA) is 14.1 Å². The fourth-order valence-electron chi connectivity index (χ4n) is 1.61. The minimum atomic E-state index is 0. The van der Waals surface area contributed by atoms with Crippen LogP contribution < -0.4 is 51.4 Å². The summed E-state index contributed by atoms with van der Waals surface area (Å²) in [6.07, 6.45) is 1.14. The SMILES string of the molecule is CC.Cc1cccc2c1C[N-]CC2.[K+]. The van der Waals surface area contributed by atoms with Gasteiger partial charge in [0.25, 0.3) is 0 Å². The summed E-state index contributed by atoms with van der Waals surface area (Å²) in [4.78, 5) is 0. The standard InChI is InChI=1S/C10H12N.C2H6.K/c1-8-3-2-4-9-5-6-11-7-10(8)9;1-2;/h2-4H,5-7H2,1H3;1-2H3;/q-1;;+1. The van der Waals surface area contributed by atoms with Crippen molar-refractivity contribution in [1.82, 2.24) is 0 Å². The number of fused-ring (bicyclic) bond motifs is 1. The Kier molecular flexibility index (Phi) is 8.49. The zero-order valence-electron chi connectivity index (χ0n) is 9.80. The molecule has 0 bridgehead atoms. The zero-order valence-corrected chi connectivity index (χ0v) is 12.9. The molecule has 2 rings (SSSR count). The quantitative estimate of drug-likeness (QED) is 0.558. The molecular formula is C12H18KN. The largest absolute Gasteiger partial charge is 1.00 e. The molecule has 1 nitrogen and oxygen atoms in total. The Morgan fingerprint density at radius 1 is 1.21 bits per heavy atom. The molecule has 0 saturated heterocycles. The summed E-state index contributed by atoms with van der Waals surface area (Å²) in [5, 5.41) is 4.38. The first-order valence-electron chi connectivity index (χ1n) is 5.08. The van der Waals surface area contributed by atoms with Gasteiger partial charge in [0.05, 0.1) is 0 Å². The van der Waals surface area contributed by atoms with Gasteiger partial charge in [-0.25, -0.2) is 0 Å². The van der Waals surface area contributed by atoms with Crippen molar-refractivity contribution in [3.8, 4) is 0 Å². The number of aryl methyl sites for hydroxylation is 1. The molecule has 0 N–H and O–H groups in total. The first kappa shape index (κ1) is 14.8. The summed E-state index contributed by atoms with van der Waals surface area (Å²) >= 11 is 0. The average molecular weight is 215 g/mol. The molecule has 72 valence electrons. The Balaban J connectivity index is 0.000000531. The number of rotatable bonds is 0. The number of hydrogen-bond donors (Lipinski definition) is 0. The fraction of sp³-hybridized carbons (Fsp3) is 0.500. The first-order chi connectivity index (χ1) is 6.38. The Bertz CT molecular complexity index is 271. The number of nitrogens with zero attached hydrogens (tertiary/aromatic N) is 1. The van der Waals surface area contributed by atoms with Gasteiger partial charge >= 0.3 is 51.4 Å². The molecule has 0 spiro atoms. The molecule has 1 heterocycles. The average Bonchev–Trinajstić information content (AvgIpc) is 2.22. The molecule has 14 heavy (non-hydrogen) atoms. The van der Waals surface area contributed by atoms with Gasteiger partial charge in [0, 0.05) is 0 Å². The maximum atomic E-state index is 4.38. The van der Waals surface area contributed by atoms with Crippen LogP contribution >= 0.6 is 0 Å². The Labute approximate surface area is 130 Å². The van der Waals surface area contributed by atoms with E-state index in [1.165, 1.54) is 16.7 Å². The molecule has 1 aromatic carbocycles. The number of benzene rings is 1. The van der Waals surface area contributed by atoms with Gasteiger partial charge in [-0.3, -0.25) is 0 Å². The predicted octanol–water partition coefficient (Wildman–Crippen LogP) is 0.455. The van der Waals surface area contributed by atoms with Crippen molar-refractivity contribution in [3.05, 3.63) is 40.2 Å². The molecule has 0 atom stereocenters. The fourth-order valence-corrected chi connectivity index (χ4v) is 1.61. The van der Waals surface area contributed by atoms with Crippen LogP contribution in [0, 0.1) is 6.92 Å². The van der Waals surface area contributed by atoms with E-state index in [1.807, 2.05) is 13.8 Å². The van der Waals surface area contributed by atoms with Crippen LogP contribution in [-0.2, 0) is 13.0 Å². The van der Waals surface area contributed by atoms with Gasteiger partial charge in [0.1, 0.15) is 0 Å². The Morgan fingerprint density at radius 3 is 2.57 bits per heavy atom. The van der Waals surface area contributed by atoms with Gasteiger partial charge < -0.3 is 5.32 Å². The summed E-state index contributed by atoms with van der Waals surface area (Å²) in [7, 11) is 0. The van der Waals surface area contributed by atoms with Crippen LogP contribution in [0.25, 0.3) is 5.32 Å².